The molecular weight excluding hydrogens is 295 g/mol. The zero-order valence-electron chi connectivity index (χ0n) is 12.9. The van der Waals surface area contributed by atoms with Gasteiger partial charge < -0.3 is 10.6 Å². The molecule has 1 unspecified atom stereocenters. The number of hydrogen-bond acceptors (Lipinski definition) is 2. The molecule has 1 atom stereocenters. The largest absolute Gasteiger partial charge is 0.370 e. The Kier molecular flexibility index (Phi) is 5.46. The quantitative estimate of drug-likeness (QED) is 0.890. The first-order chi connectivity index (χ1) is 11.0. The third-order valence-corrected chi connectivity index (χ3v) is 3.71. The van der Waals surface area contributed by atoms with Crippen molar-refractivity contribution in [3.8, 4) is 0 Å². The molecular formula is C18H19FN2O2. The smallest absolute Gasteiger partial charge is 0.253 e. The fourth-order valence-corrected chi connectivity index (χ4v) is 2.42. The van der Waals surface area contributed by atoms with Crippen molar-refractivity contribution in [2.45, 2.75) is 18.9 Å². The molecule has 0 aliphatic carbocycles. The fraction of sp³-hybridized carbons (Fsp3) is 0.222. The van der Waals surface area contributed by atoms with Crippen LogP contribution < -0.4 is 5.73 Å². The van der Waals surface area contributed by atoms with Crippen molar-refractivity contribution in [3.63, 3.8) is 0 Å². The lowest BCUT2D eigenvalue weighted by atomic mass is 10.0. The summed E-state index contributed by atoms with van der Waals surface area (Å²) in [4.78, 5) is 25.4. The molecule has 0 bridgehead atoms. The van der Waals surface area contributed by atoms with Gasteiger partial charge in [0.2, 0.25) is 5.91 Å². The molecule has 2 rings (SSSR count). The lowest BCUT2D eigenvalue weighted by Crippen LogP contribution is -2.41. The van der Waals surface area contributed by atoms with E-state index in [1.54, 1.807) is 43.4 Å². The topological polar surface area (TPSA) is 63.4 Å². The SMILES string of the molecule is CN(C(=O)c1ccccc1)C(CC(N)=O)Cc1ccc(F)cc1. The number of nitrogens with two attached hydrogens (primary N) is 1. The lowest BCUT2D eigenvalue weighted by molar-refractivity contribution is -0.118. The van der Waals surface area contributed by atoms with Gasteiger partial charge >= 0.3 is 0 Å². The second-order valence-corrected chi connectivity index (χ2v) is 5.44. The molecule has 5 heteroatoms. The molecule has 2 aromatic carbocycles. The number of primary amides is 1. The molecule has 2 amide bonds. The van der Waals surface area contributed by atoms with Crippen LogP contribution in [-0.2, 0) is 11.2 Å². The van der Waals surface area contributed by atoms with Crippen LogP contribution in [0.4, 0.5) is 4.39 Å². The molecule has 0 heterocycles. The summed E-state index contributed by atoms with van der Waals surface area (Å²) >= 11 is 0. The van der Waals surface area contributed by atoms with Gasteiger partial charge in [-0.3, -0.25) is 9.59 Å². The number of carbonyl (C=O) groups excluding carboxylic acids is 2. The van der Waals surface area contributed by atoms with Crippen LogP contribution in [0, 0.1) is 5.82 Å². The molecule has 0 aliphatic rings. The molecule has 0 aromatic heterocycles. The summed E-state index contributed by atoms with van der Waals surface area (Å²) in [7, 11) is 1.65. The lowest BCUT2D eigenvalue weighted by Gasteiger charge is -2.27. The molecule has 23 heavy (non-hydrogen) atoms. The molecule has 0 aliphatic heterocycles. The van der Waals surface area contributed by atoms with E-state index in [-0.39, 0.29) is 24.2 Å². The zero-order valence-corrected chi connectivity index (χ0v) is 12.9. The summed E-state index contributed by atoms with van der Waals surface area (Å²) in [5.41, 5.74) is 6.69. The van der Waals surface area contributed by atoms with Crippen LogP contribution in [-0.4, -0.2) is 29.8 Å². The van der Waals surface area contributed by atoms with Crippen molar-refractivity contribution in [3.05, 3.63) is 71.5 Å². The summed E-state index contributed by atoms with van der Waals surface area (Å²) in [6, 6.07) is 14.4. The maximum absolute atomic E-state index is 13.0. The fourth-order valence-electron chi connectivity index (χ4n) is 2.42. The molecule has 0 spiro atoms. The normalized spacial score (nSPS) is 11.7. The second kappa shape index (κ2) is 7.54. The van der Waals surface area contributed by atoms with Gasteiger partial charge in [0.05, 0.1) is 0 Å². The van der Waals surface area contributed by atoms with Crippen LogP contribution in [0.1, 0.15) is 22.3 Å². The monoisotopic (exact) mass is 314 g/mol. The molecule has 2 aromatic rings. The van der Waals surface area contributed by atoms with Crippen molar-refractivity contribution >= 4 is 11.8 Å². The van der Waals surface area contributed by atoms with Gasteiger partial charge in [0.15, 0.2) is 0 Å². The molecule has 4 nitrogen and oxygen atoms in total. The van der Waals surface area contributed by atoms with Crippen molar-refractivity contribution in [2.24, 2.45) is 5.73 Å². The van der Waals surface area contributed by atoms with Gasteiger partial charge in [0.25, 0.3) is 5.91 Å². The van der Waals surface area contributed by atoms with Crippen LogP contribution in [0.15, 0.2) is 54.6 Å². The van der Waals surface area contributed by atoms with Gasteiger partial charge in [-0.25, -0.2) is 4.39 Å². The van der Waals surface area contributed by atoms with E-state index in [1.807, 2.05) is 6.07 Å². The van der Waals surface area contributed by atoms with E-state index in [2.05, 4.69) is 0 Å². The Balaban J connectivity index is 2.18. The number of benzene rings is 2. The Morgan fingerprint density at radius 2 is 1.70 bits per heavy atom. The second-order valence-electron chi connectivity index (χ2n) is 5.44. The minimum absolute atomic E-state index is 0.0481. The van der Waals surface area contributed by atoms with Crippen LogP contribution in [0.5, 0.6) is 0 Å². The first-order valence-electron chi connectivity index (χ1n) is 7.32. The highest BCUT2D eigenvalue weighted by atomic mass is 19.1. The molecule has 120 valence electrons. The van der Waals surface area contributed by atoms with Gasteiger partial charge in [-0.2, -0.15) is 0 Å². The minimum atomic E-state index is -0.482. The zero-order chi connectivity index (χ0) is 16.8. The van der Waals surface area contributed by atoms with Gasteiger partial charge in [0, 0.05) is 25.1 Å². The van der Waals surface area contributed by atoms with Gasteiger partial charge in [-0.05, 0) is 36.2 Å². The maximum atomic E-state index is 13.0. The summed E-state index contributed by atoms with van der Waals surface area (Å²) in [6.07, 6.45) is 0.477. The van der Waals surface area contributed by atoms with Crippen molar-refractivity contribution < 1.29 is 14.0 Å². The molecule has 0 radical (unpaired) electrons. The predicted octanol–water partition coefficient (Wildman–Crippen LogP) is 2.38. The Labute approximate surface area is 134 Å². The average molecular weight is 314 g/mol. The van der Waals surface area contributed by atoms with E-state index < -0.39 is 5.91 Å². The number of halogens is 1. The minimum Gasteiger partial charge on any atom is -0.370 e. The summed E-state index contributed by atoms with van der Waals surface area (Å²) < 4.78 is 13.0. The van der Waals surface area contributed by atoms with E-state index in [4.69, 9.17) is 5.73 Å². The van der Waals surface area contributed by atoms with E-state index in [0.717, 1.165) is 5.56 Å². The number of nitrogens with zero attached hydrogens (tertiary/aromatic N) is 1. The Morgan fingerprint density at radius 1 is 1.09 bits per heavy atom. The third kappa shape index (κ3) is 4.64. The Hall–Kier alpha value is -2.69. The number of carbonyl (C=O) groups is 2. The highest BCUT2D eigenvalue weighted by Crippen LogP contribution is 2.15. The first kappa shape index (κ1) is 16.7. The van der Waals surface area contributed by atoms with Crippen molar-refractivity contribution in [2.75, 3.05) is 7.05 Å². The van der Waals surface area contributed by atoms with Gasteiger partial charge in [-0.15, -0.1) is 0 Å². The predicted molar refractivity (Wildman–Crippen MR) is 86.2 cm³/mol. The van der Waals surface area contributed by atoms with Gasteiger partial charge in [-0.1, -0.05) is 30.3 Å². The highest BCUT2D eigenvalue weighted by molar-refractivity contribution is 5.94. The Morgan fingerprint density at radius 3 is 2.26 bits per heavy atom. The third-order valence-electron chi connectivity index (χ3n) is 3.71. The van der Waals surface area contributed by atoms with E-state index in [0.29, 0.717) is 12.0 Å². The van der Waals surface area contributed by atoms with Crippen LogP contribution in [0.2, 0.25) is 0 Å². The molecule has 0 fully saturated rings. The maximum Gasteiger partial charge on any atom is 0.253 e. The number of amides is 2. The molecule has 0 saturated heterocycles. The first-order valence-corrected chi connectivity index (χ1v) is 7.32. The number of hydrogen-bond donors (Lipinski definition) is 1. The summed E-state index contributed by atoms with van der Waals surface area (Å²) in [5, 5.41) is 0. The highest BCUT2D eigenvalue weighted by Gasteiger charge is 2.23. The van der Waals surface area contributed by atoms with E-state index in [1.165, 1.54) is 17.0 Å². The molecule has 2 N–H and O–H groups in total. The van der Waals surface area contributed by atoms with E-state index in [9.17, 15) is 14.0 Å². The van der Waals surface area contributed by atoms with Crippen molar-refractivity contribution in [1.82, 2.24) is 4.90 Å². The number of likely N-dealkylation sites (N-methyl/N-ethyl adjacent to an activating group) is 1. The number of rotatable bonds is 6. The standard InChI is InChI=1S/C18H19FN2O2/c1-21(18(23)14-5-3-2-4-6-14)16(12-17(20)22)11-13-7-9-15(19)10-8-13/h2-10,16H,11-12H2,1H3,(H2,20,22). The van der Waals surface area contributed by atoms with Crippen LogP contribution in [0.3, 0.4) is 0 Å². The van der Waals surface area contributed by atoms with Gasteiger partial charge in [0.1, 0.15) is 5.82 Å². The Bertz CT molecular complexity index is 671. The van der Waals surface area contributed by atoms with Crippen LogP contribution in [0.25, 0.3) is 0 Å². The summed E-state index contributed by atoms with van der Waals surface area (Å²) in [5.74, 6) is -0.988. The van der Waals surface area contributed by atoms with E-state index >= 15 is 0 Å². The average Bonchev–Trinajstić information content (AvgIpc) is 2.55. The van der Waals surface area contributed by atoms with Crippen molar-refractivity contribution in [1.29, 1.82) is 0 Å². The summed E-state index contributed by atoms with van der Waals surface area (Å²) in [6.45, 7) is 0. The van der Waals surface area contributed by atoms with Crippen LogP contribution >= 0.6 is 0 Å². The molecule has 0 saturated carbocycles.